The molecule has 1 atom stereocenters. The van der Waals surface area contributed by atoms with Crippen molar-refractivity contribution in [1.82, 2.24) is 15.5 Å². The molecule has 0 saturated carbocycles. The summed E-state index contributed by atoms with van der Waals surface area (Å²) in [6.45, 7) is 6.09. The Bertz CT molecular complexity index is 541. The van der Waals surface area contributed by atoms with Gasteiger partial charge in [-0.3, -0.25) is 4.79 Å². The number of carbonyl (C=O) groups is 2. The maximum Gasteiger partial charge on any atom is 0.315 e. The van der Waals surface area contributed by atoms with Gasteiger partial charge in [0.25, 0.3) is 0 Å². The predicted molar refractivity (Wildman–Crippen MR) is 96.1 cm³/mol. The molecule has 1 saturated heterocycles. The largest absolute Gasteiger partial charge is 0.371 e. The van der Waals surface area contributed by atoms with Crippen molar-refractivity contribution in [2.75, 3.05) is 31.6 Å². The van der Waals surface area contributed by atoms with E-state index in [1.54, 1.807) is 18.9 Å². The lowest BCUT2D eigenvalue weighted by Crippen LogP contribution is -2.52. The molecule has 0 bridgehead atoms. The molecule has 1 aliphatic rings. The van der Waals surface area contributed by atoms with E-state index in [1.807, 2.05) is 25.1 Å². The third-order valence-electron chi connectivity index (χ3n) is 4.52. The lowest BCUT2D eigenvalue weighted by atomic mass is 10.0. The average Bonchev–Trinajstić information content (AvgIpc) is 2.61. The van der Waals surface area contributed by atoms with Gasteiger partial charge in [-0.1, -0.05) is 18.2 Å². The van der Waals surface area contributed by atoms with E-state index in [1.165, 1.54) is 5.69 Å². The van der Waals surface area contributed by atoms with E-state index in [4.69, 9.17) is 0 Å². The summed E-state index contributed by atoms with van der Waals surface area (Å²) in [5.41, 5.74) is 1.22. The molecular formula is C18H28N4O2. The number of anilines is 1. The van der Waals surface area contributed by atoms with Crippen molar-refractivity contribution in [2.45, 2.75) is 38.8 Å². The number of hydrogen-bond acceptors (Lipinski definition) is 3. The van der Waals surface area contributed by atoms with Crippen molar-refractivity contribution >= 4 is 17.6 Å². The first-order chi connectivity index (χ1) is 11.5. The van der Waals surface area contributed by atoms with E-state index >= 15 is 0 Å². The molecule has 1 heterocycles. The first-order valence-corrected chi connectivity index (χ1v) is 8.63. The van der Waals surface area contributed by atoms with Crippen LogP contribution in [-0.4, -0.2) is 55.6 Å². The fourth-order valence-electron chi connectivity index (χ4n) is 2.89. The van der Waals surface area contributed by atoms with Gasteiger partial charge in [0.05, 0.1) is 0 Å². The van der Waals surface area contributed by atoms with Crippen LogP contribution in [0.25, 0.3) is 0 Å². The summed E-state index contributed by atoms with van der Waals surface area (Å²) in [7, 11) is 1.73. The summed E-state index contributed by atoms with van der Waals surface area (Å²) < 4.78 is 0. The Balaban J connectivity index is 1.75. The zero-order valence-corrected chi connectivity index (χ0v) is 14.8. The maximum atomic E-state index is 12.1. The van der Waals surface area contributed by atoms with E-state index in [0.717, 1.165) is 25.9 Å². The Hall–Kier alpha value is -2.24. The Labute approximate surface area is 144 Å². The second-order valence-corrected chi connectivity index (χ2v) is 6.29. The maximum absolute atomic E-state index is 12.1. The number of piperidine rings is 1. The predicted octanol–water partition coefficient (Wildman–Crippen LogP) is 1.82. The number of nitrogens with one attached hydrogen (secondary N) is 2. The topological polar surface area (TPSA) is 64.7 Å². The fourth-order valence-corrected chi connectivity index (χ4v) is 2.89. The number of likely N-dealkylation sites (N-methyl/N-ethyl adjacent to an activating group) is 1. The Kier molecular flexibility index (Phi) is 6.46. The molecule has 24 heavy (non-hydrogen) atoms. The minimum Gasteiger partial charge on any atom is -0.371 e. The third-order valence-corrected chi connectivity index (χ3v) is 4.52. The summed E-state index contributed by atoms with van der Waals surface area (Å²) in [5, 5.41) is 5.72. The lowest BCUT2D eigenvalue weighted by Gasteiger charge is -2.34. The minimum atomic E-state index is -0.514. The van der Waals surface area contributed by atoms with E-state index in [0.29, 0.717) is 6.54 Å². The smallest absolute Gasteiger partial charge is 0.315 e. The summed E-state index contributed by atoms with van der Waals surface area (Å²) >= 11 is 0. The summed E-state index contributed by atoms with van der Waals surface area (Å²) in [6.07, 6.45) is 1.80. The number of para-hydroxylation sites is 1. The molecule has 6 heteroatoms. The van der Waals surface area contributed by atoms with Crippen LogP contribution in [0.15, 0.2) is 30.3 Å². The van der Waals surface area contributed by atoms with Crippen molar-refractivity contribution in [3.05, 3.63) is 30.3 Å². The fraction of sp³-hybridized carbons (Fsp3) is 0.556. The van der Waals surface area contributed by atoms with Crippen molar-refractivity contribution < 1.29 is 9.59 Å². The Morgan fingerprint density at radius 2 is 1.88 bits per heavy atom. The molecule has 6 nitrogen and oxygen atoms in total. The highest BCUT2D eigenvalue weighted by molar-refractivity contribution is 5.86. The van der Waals surface area contributed by atoms with Gasteiger partial charge in [0.15, 0.2) is 0 Å². The Morgan fingerprint density at radius 1 is 1.25 bits per heavy atom. The molecule has 0 radical (unpaired) electrons. The van der Waals surface area contributed by atoms with Crippen LogP contribution in [-0.2, 0) is 4.79 Å². The van der Waals surface area contributed by atoms with Crippen LogP contribution in [0, 0.1) is 0 Å². The molecule has 2 rings (SSSR count). The molecule has 1 aliphatic heterocycles. The first kappa shape index (κ1) is 18.1. The highest BCUT2D eigenvalue weighted by Gasteiger charge is 2.23. The van der Waals surface area contributed by atoms with Gasteiger partial charge in [-0.05, 0) is 38.8 Å². The Morgan fingerprint density at radius 3 is 2.46 bits per heavy atom. The van der Waals surface area contributed by atoms with Crippen molar-refractivity contribution in [3.8, 4) is 0 Å². The summed E-state index contributed by atoms with van der Waals surface area (Å²) in [6, 6.07) is 9.68. The average molecular weight is 332 g/mol. The first-order valence-electron chi connectivity index (χ1n) is 8.63. The second-order valence-electron chi connectivity index (χ2n) is 6.29. The summed E-state index contributed by atoms with van der Waals surface area (Å²) in [4.78, 5) is 28.0. The molecule has 0 spiro atoms. The van der Waals surface area contributed by atoms with E-state index < -0.39 is 6.04 Å². The highest BCUT2D eigenvalue weighted by Crippen LogP contribution is 2.19. The van der Waals surface area contributed by atoms with Crippen molar-refractivity contribution in [3.63, 3.8) is 0 Å². The van der Waals surface area contributed by atoms with Gasteiger partial charge in [0, 0.05) is 38.4 Å². The van der Waals surface area contributed by atoms with Gasteiger partial charge < -0.3 is 20.4 Å². The lowest BCUT2D eigenvalue weighted by molar-refractivity contribution is -0.131. The van der Waals surface area contributed by atoms with Gasteiger partial charge in [-0.2, -0.15) is 0 Å². The standard InChI is InChI=1S/C18H28N4O2/c1-4-21(3)17(23)14(2)19-18(24)20-15-10-12-22(13-11-15)16-8-6-5-7-9-16/h5-9,14-15H,4,10-13H2,1-3H3,(H2,19,20,24). The monoisotopic (exact) mass is 332 g/mol. The molecule has 1 unspecified atom stereocenters. The van der Waals surface area contributed by atoms with Crippen molar-refractivity contribution in [2.24, 2.45) is 0 Å². The second kappa shape index (κ2) is 8.57. The van der Waals surface area contributed by atoms with Gasteiger partial charge in [0.1, 0.15) is 6.04 Å². The third kappa shape index (κ3) is 4.88. The minimum absolute atomic E-state index is 0.0773. The van der Waals surface area contributed by atoms with Gasteiger partial charge in [-0.25, -0.2) is 4.79 Å². The van der Waals surface area contributed by atoms with Gasteiger partial charge in [0.2, 0.25) is 5.91 Å². The normalized spacial score (nSPS) is 16.4. The van der Waals surface area contributed by atoms with Crippen molar-refractivity contribution in [1.29, 1.82) is 0 Å². The molecule has 2 N–H and O–H groups in total. The number of urea groups is 1. The zero-order chi connectivity index (χ0) is 17.5. The van der Waals surface area contributed by atoms with E-state index in [-0.39, 0.29) is 18.0 Å². The van der Waals surface area contributed by atoms with Gasteiger partial charge >= 0.3 is 6.03 Å². The SMILES string of the molecule is CCN(C)C(=O)C(C)NC(=O)NC1CCN(c2ccccc2)CC1. The molecule has 3 amide bonds. The molecule has 1 aromatic carbocycles. The molecule has 0 aliphatic carbocycles. The number of nitrogens with zero attached hydrogens (tertiary/aromatic N) is 2. The number of hydrogen-bond donors (Lipinski definition) is 2. The number of amides is 3. The van der Waals surface area contributed by atoms with Crippen LogP contribution in [0.1, 0.15) is 26.7 Å². The number of benzene rings is 1. The van der Waals surface area contributed by atoms with Gasteiger partial charge in [-0.15, -0.1) is 0 Å². The van der Waals surface area contributed by atoms with Crippen LogP contribution in [0.4, 0.5) is 10.5 Å². The number of carbonyl (C=O) groups excluding carboxylic acids is 2. The molecule has 0 aromatic heterocycles. The van der Waals surface area contributed by atoms with E-state index in [2.05, 4.69) is 27.7 Å². The van der Waals surface area contributed by atoms with Crippen LogP contribution in [0.3, 0.4) is 0 Å². The molecule has 1 aromatic rings. The van der Waals surface area contributed by atoms with Crippen LogP contribution < -0.4 is 15.5 Å². The summed E-state index contributed by atoms with van der Waals surface area (Å²) in [5.74, 6) is -0.0773. The quantitative estimate of drug-likeness (QED) is 0.864. The molecular weight excluding hydrogens is 304 g/mol. The zero-order valence-electron chi connectivity index (χ0n) is 14.8. The number of rotatable bonds is 5. The van der Waals surface area contributed by atoms with Crippen LogP contribution >= 0.6 is 0 Å². The molecule has 1 fully saturated rings. The molecule has 132 valence electrons. The van der Waals surface area contributed by atoms with Crippen LogP contribution in [0.2, 0.25) is 0 Å². The highest BCUT2D eigenvalue weighted by atomic mass is 16.2. The van der Waals surface area contributed by atoms with E-state index in [9.17, 15) is 9.59 Å². The van der Waals surface area contributed by atoms with Crippen LogP contribution in [0.5, 0.6) is 0 Å².